The SMILES string of the molecule is CC1C(CO)CCN1CC1(F)CC1. The lowest BCUT2D eigenvalue weighted by Crippen LogP contribution is -2.36. The molecule has 0 aromatic rings. The van der Waals surface area contributed by atoms with Crippen molar-refractivity contribution in [2.75, 3.05) is 19.7 Å². The first-order chi connectivity index (χ1) is 6.14. The molecule has 1 aliphatic carbocycles. The average molecular weight is 187 g/mol. The maximum Gasteiger partial charge on any atom is 0.123 e. The van der Waals surface area contributed by atoms with Crippen molar-refractivity contribution in [2.24, 2.45) is 5.92 Å². The Balaban J connectivity index is 1.87. The average Bonchev–Trinajstić information content (AvgIpc) is 2.72. The van der Waals surface area contributed by atoms with E-state index in [2.05, 4.69) is 11.8 Å². The Morgan fingerprint density at radius 1 is 1.54 bits per heavy atom. The van der Waals surface area contributed by atoms with Gasteiger partial charge in [-0.1, -0.05) is 0 Å². The number of aliphatic hydroxyl groups is 1. The van der Waals surface area contributed by atoms with Gasteiger partial charge in [0, 0.05) is 19.2 Å². The van der Waals surface area contributed by atoms with Gasteiger partial charge in [-0.2, -0.15) is 0 Å². The van der Waals surface area contributed by atoms with Crippen LogP contribution in [0.5, 0.6) is 0 Å². The van der Waals surface area contributed by atoms with E-state index >= 15 is 0 Å². The van der Waals surface area contributed by atoms with Crippen molar-refractivity contribution in [1.82, 2.24) is 4.90 Å². The van der Waals surface area contributed by atoms with Crippen LogP contribution in [0.1, 0.15) is 26.2 Å². The van der Waals surface area contributed by atoms with E-state index in [1.165, 1.54) is 0 Å². The Kier molecular flexibility index (Phi) is 2.32. The molecular weight excluding hydrogens is 169 g/mol. The molecule has 2 unspecified atom stereocenters. The molecule has 0 aromatic heterocycles. The number of alkyl halides is 1. The van der Waals surface area contributed by atoms with E-state index in [0.29, 0.717) is 18.5 Å². The second-order valence-corrected chi connectivity index (χ2v) is 4.59. The molecule has 1 N–H and O–H groups in total. The first kappa shape index (κ1) is 9.41. The number of hydrogen-bond donors (Lipinski definition) is 1. The largest absolute Gasteiger partial charge is 0.396 e. The Bertz CT molecular complexity index is 193. The quantitative estimate of drug-likeness (QED) is 0.717. The van der Waals surface area contributed by atoms with Gasteiger partial charge in [-0.3, -0.25) is 4.90 Å². The van der Waals surface area contributed by atoms with E-state index in [1.807, 2.05) is 0 Å². The predicted octanol–water partition coefficient (Wildman–Crippen LogP) is 1.19. The number of rotatable bonds is 3. The monoisotopic (exact) mass is 187 g/mol. The molecule has 3 heteroatoms. The smallest absolute Gasteiger partial charge is 0.123 e. The Hall–Kier alpha value is -0.150. The van der Waals surface area contributed by atoms with Gasteiger partial charge in [-0.15, -0.1) is 0 Å². The van der Waals surface area contributed by atoms with Gasteiger partial charge in [0.05, 0.1) is 0 Å². The number of likely N-dealkylation sites (tertiary alicyclic amines) is 1. The highest BCUT2D eigenvalue weighted by molar-refractivity contribution is 4.99. The lowest BCUT2D eigenvalue weighted by Gasteiger charge is -2.25. The summed E-state index contributed by atoms with van der Waals surface area (Å²) in [6.07, 6.45) is 2.49. The normalized spacial score (nSPS) is 38.1. The number of aliphatic hydroxyl groups excluding tert-OH is 1. The van der Waals surface area contributed by atoms with E-state index in [1.54, 1.807) is 0 Å². The minimum absolute atomic E-state index is 0.247. The van der Waals surface area contributed by atoms with Gasteiger partial charge < -0.3 is 5.11 Å². The van der Waals surface area contributed by atoms with Crippen LogP contribution in [0.25, 0.3) is 0 Å². The molecule has 2 rings (SSSR count). The summed E-state index contributed by atoms with van der Waals surface area (Å²) in [4.78, 5) is 2.19. The first-order valence-electron chi connectivity index (χ1n) is 5.18. The van der Waals surface area contributed by atoms with Crippen molar-refractivity contribution >= 4 is 0 Å². The third-order valence-electron chi connectivity index (χ3n) is 3.56. The molecule has 0 bridgehead atoms. The second kappa shape index (κ2) is 3.21. The first-order valence-corrected chi connectivity index (χ1v) is 5.18. The predicted molar refractivity (Wildman–Crippen MR) is 49.3 cm³/mol. The lowest BCUT2D eigenvalue weighted by atomic mass is 10.0. The molecule has 2 fully saturated rings. The van der Waals surface area contributed by atoms with Gasteiger partial charge in [-0.05, 0) is 38.6 Å². The molecule has 76 valence electrons. The molecule has 2 atom stereocenters. The summed E-state index contributed by atoms with van der Waals surface area (Å²) in [6.45, 7) is 3.89. The maximum atomic E-state index is 13.5. The summed E-state index contributed by atoms with van der Waals surface area (Å²) < 4.78 is 13.5. The summed E-state index contributed by atoms with van der Waals surface area (Å²) in [7, 11) is 0. The third kappa shape index (κ3) is 1.86. The van der Waals surface area contributed by atoms with E-state index in [9.17, 15) is 4.39 Å². The summed E-state index contributed by atoms with van der Waals surface area (Å²) in [6, 6.07) is 0.359. The van der Waals surface area contributed by atoms with Gasteiger partial charge in [0.25, 0.3) is 0 Å². The standard InChI is InChI=1S/C10H18FNO/c1-8-9(6-13)2-5-12(8)7-10(11)3-4-10/h8-9,13H,2-7H2,1H3. The van der Waals surface area contributed by atoms with Gasteiger partial charge in [0.1, 0.15) is 5.67 Å². The molecule has 0 radical (unpaired) electrons. The lowest BCUT2D eigenvalue weighted by molar-refractivity contribution is 0.138. The summed E-state index contributed by atoms with van der Waals surface area (Å²) in [5.74, 6) is 0.363. The molecule has 1 saturated heterocycles. The summed E-state index contributed by atoms with van der Waals surface area (Å²) >= 11 is 0. The van der Waals surface area contributed by atoms with Crippen LogP contribution in [0.4, 0.5) is 4.39 Å². The number of halogens is 1. The van der Waals surface area contributed by atoms with Crippen LogP contribution in [0.2, 0.25) is 0 Å². The topological polar surface area (TPSA) is 23.5 Å². The van der Waals surface area contributed by atoms with Gasteiger partial charge >= 0.3 is 0 Å². The molecule has 1 heterocycles. The van der Waals surface area contributed by atoms with Crippen LogP contribution in [-0.4, -0.2) is 41.4 Å². The zero-order valence-electron chi connectivity index (χ0n) is 8.17. The highest BCUT2D eigenvalue weighted by Crippen LogP contribution is 2.42. The maximum absolute atomic E-state index is 13.5. The fourth-order valence-electron chi connectivity index (χ4n) is 2.20. The second-order valence-electron chi connectivity index (χ2n) is 4.59. The molecule has 0 spiro atoms. The van der Waals surface area contributed by atoms with Crippen molar-refractivity contribution in [1.29, 1.82) is 0 Å². The highest BCUT2D eigenvalue weighted by Gasteiger charge is 2.46. The molecule has 2 nitrogen and oxygen atoms in total. The van der Waals surface area contributed by atoms with Crippen molar-refractivity contribution < 1.29 is 9.50 Å². The van der Waals surface area contributed by atoms with Crippen LogP contribution in [0.3, 0.4) is 0 Å². The van der Waals surface area contributed by atoms with E-state index < -0.39 is 5.67 Å². The molecule has 0 amide bonds. The highest BCUT2D eigenvalue weighted by atomic mass is 19.1. The van der Waals surface area contributed by atoms with Crippen LogP contribution in [-0.2, 0) is 0 Å². The van der Waals surface area contributed by atoms with Gasteiger partial charge in [0.2, 0.25) is 0 Å². The fourth-order valence-corrected chi connectivity index (χ4v) is 2.20. The minimum atomic E-state index is -0.876. The van der Waals surface area contributed by atoms with Crippen molar-refractivity contribution in [3.63, 3.8) is 0 Å². The van der Waals surface area contributed by atoms with Crippen LogP contribution < -0.4 is 0 Å². The molecule has 13 heavy (non-hydrogen) atoms. The molecular formula is C10H18FNO. The molecule has 1 saturated carbocycles. The summed E-state index contributed by atoms with van der Waals surface area (Å²) in [5.41, 5.74) is -0.876. The number of hydrogen-bond acceptors (Lipinski definition) is 2. The zero-order chi connectivity index (χ0) is 9.47. The summed E-state index contributed by atoms with van der Waals surface area (Å²) in [5, 5.41) is 9.05. The third-order valence-corrected chi connectivity index (χ3v) is 3.56. The fraction of sp³-hybridized carbons (Fsp3) is 1.00. The van der Waals surface area contributed by atoms with Crippen LogP contribution >= 0.6 is 0 Å². The Morgan fingerprint density at radius 3 is 2.69 bits per heavy atom. The van der Waals surface area contributed by atoms with E-state index in [-0.39, 0.29) is 6.61 Å². The molecule has 0 aromatic carbocycles. The van der Waals surface area contributed by atoms with Gasteiger partial charge in [-0.25, -0.2) is 4.39 Å². The Labute approximate surface area is 78.7 Å². The molecule has 2 aliphatic rings. The van der Waals surface area contributed by atoms with Crippen LogP contribution in [0, 0.1) is 5.92 Å². The van der Waals surface area contributed by atoms with Crippen molar-refractivity contribution in [3.8, 4) is 0 Å². The Morgan fingerprint density at radius 2 is 2.23 bits per heavy atom. The van der Waals surface area contributed by atoms with E-state index in [4.69, 9.17) is 5.11 Å². The molecule has 1 aliphatic heterocycles. The van der Waals surface area contributed by atoms with Crippen molar-refractivity contribution in [2.45, 2.75) is 37.9 Å². The minimum Gasteiger partial charge on any atom is -0.396 e. The van der Waals surface area contributed by atoms with E-state index in [0.717, 1.165) is 25.8 Å². The number of nitrogens with zero attached hydrogens (tertiary/aromatic N) is 1. The zero-order valence-corrected chi connectivity index (χ0v) is 8.17. The van der Waals surface area contributed by atoms with Crippen molar-refractivity contribution in [3.05, 3.63) is 0 Å². The van der Waals surface area contributed by atoms with Crippen LogP contribution in [0.15, 0.2) is 0 Å². The van der Waals surface area contributed by atoms with Gasteiger partial charge in [0.15, 0.2) is 0 Å².